The summed E-state index contributed by atoms with van der Waals surface area (Å²) in [5, 5.41) is 7.30. The molecule has 0 radical (unpaired) electrons. The Balaban J connectivity index is 1.54. The van der Waals surface area contributed by atoms with Crippen LogP contribution in [0.5, 0.6) is 5.75 Å². The molecule has 0 saturated carbocycles. The van der Waals surface area contributed by atoms with Gasteiger partial charge in [0.1, 0.15) is 11.6 Å². The molecule has 1 fully saturated rings. The van der Waals surface area contributed by atoms with E-state index in [9.17, 15) is 4.39 Å². The molecule has 2 N–H and O–H groups in total. The van der Waals surface area contributed by atoms with Crippen LogP contribution in [0.4, 0.5) is 27.9 Å². The molecule has 2 heterocycles. The number of morpholine rings is 1. The minimum absolute atomic E-state index is 0.283. The van der Waals surface area contributed by atoms with E-state index in [0.717, 1.165) is 11.3 Å². The molecule has 1 aliphatic heterocycles. The molecule has 0 aliphatic carbocycles. The van der Waals surface area contributed by atoms with Crippen LogP contribution in [0.25, 0.3) is 0 Å². The maximum Gasteiger partial charge on any atom is 0.250 e. The van der Waals surface area contributed by atoms with Gasteiger partial charge in [-0.15, -0.1) is 0 Å². The fourth-order valence-electron chi connectivity index (χ4n) is 2.89. The molecule has 1 aliphatic rings. The Bertz CT molecular complexity index is 1020. The number of nitrogens with one attached hydrogen (secondary N) is 2. The summed E-state index contributed by atoms with van der Waals surface area (Å²) in [7, 11) is 1.62. The van der Waals surface area contributed by atoms with Crippen LogP contribution in [0, 0.1) is 5.82 Å². The van der Waals surface area contributed by atoms with Crippen molar-refractivity contribution in [3.05, 3.63) is 59.9 Å². The van der Waals surface area contributed by atoms with Crippen LogP contribution < -0.4 is 20.4 Å². The van der Waals surface area contributed by atoms with E-state index in [-0.39, 0.29) is 11.8 Å². The second kappa shape index (κ2) is 9.81. The van der Waals surface area contributed by atoms with Gasteiger partial charge in [-0.2, -0.15) is 20.1 Å². The van der Waals surface area contributed by atoms with E-state index in [0.29, 0.717) is 43.9 Å². The first-order valence-electron chi connectivity index (χ1n) is 9.74. The van der Waals surface area contributed by atoms with Gasteiger partial charge in [0, 0.05) is 18.8 Å². The van der Waals surface area contributed by atoms with Crippen molar-refractivity contribution in [1.29, 1.82) is 0 Å². The van der Waals surface area contributed by atoms with Gasteiger partial charge in [-0.1, -0.05) is 0 Å². The van der Waals surface area contributed by atoms with Crippen LogP contribution in [-0.4, -0.2) is 54.6 Å². The molecule has 1 aromatic heterocycles. The van der Waals surface area contributed by atoms with Crippen molar-refractivity contribution in [2.45, 2.75) is 0 Å². The highest BCUT2D eigenvalue weighted by Gasteiger charge is 2.16. The number of hydrogen-bond donors (Lipinski definition) is 2. The second-order valence-corrected chi connectivity index (χ2v) is 6.66. The number of nitrogens with zero attached hydrogens (tertiary/aromatic N) is 5. The summed E-state index contributed by atoms with van der Waals surface area (Å²) < 4.78 is 23.8. The van der Waals surface area contributed by atoms with Crippen molar-refractivity contribution in [1.82, 2.24) is 15.0 Å². The largest absolute Gasteiger partial charge is 0.497 e. The van der Waals surface area contributed by atoms with Crippen LogP contribution in [0.3, 0.4) is 0 Å². The minimum Gasteiger partial charge on any atom is -0.497 e. The number of rotatable bonds is 7. The highest BCUT2D eigenvalue weighted by molar-refractivity contribution is 5.80. The zero-order chi connectivity index (χ0) is 21.5. The molecule has 160 valence electrons. The molecule has 0 amide bonds. The molecule has 0 unspecified atom stereocenters. The zero-order valence-electron chi connectivity index (χ0n) is 17.0. The summed E-state index contributed by atoms with van der Waals surface area (Å²) in [5.74, 6) is 1.57. The number of aromatic nitrogens is 3. The molecule has 31 heavy (non-hydrogen) atoms. The number of hydrazone groups is 1. The van der Waals surface area contributed by atoms with Crippen molar-refractivity contribution < 1.29 is 13.9 Å². The van der Waals surface area contributed by atoms with E-state index >= 15 is 0 Å². The second-order valence-electron chi connectivity index (χ2n) is 6.66. The number of methoxy groups -OCH3 is 1. The third kappa shape index (κ3) is 5.64. The van der Waals surface area contributed by atoms with Gasteiger partial charge in [-0.25, -0.2) is 9.82 Å². The summed E-state index contributed by atoms with van der Waals surface area (Å²) in [6.45, 7) is 2.55. The predicted molar refractivity (Wildman–Crippen MR) is 117 cm³/mol. The van der Waals surface area contributed by atoms with E-state index in [1.54, 1.807) is 25.5 Å². The molecular weight excluding hydrogens is 401 g/mol. The van der Waals surface area contributed by atoms with Crippen LogP contribution in [0.15, 0.2) is 53.6 Å². The normalized spacial score (nSPS) is 13.9. The van der Waals surface area contributed by atoms with Crippen molar-refractivity contribution in [3.63, 3.8) is 0 Å². The smallest absolute Gasteiger partial charge is 0.250 e. The lowest BCUT2D eigenvalue weighted by atomic mass is 10.2. The molecule has 9 nitrogen and oxygen atoms in total. The molecular formula is C21H22FN7O2. The maximum atomic E-state index is 13.2. The molecule has 1 saturated heterocycles. The third-order valence-electron chi connectivity index (χ3n) is 4.51. The van der Waals surface area contributed by atoms with Crippen LogP contribution in [0.1, 0.15) is 5.56 Å². The first kappa shape index (κ1) is 20.5. The van der Waals surface area contributed by atoms with Gasteiger partial charge < -0.3 is 19.7 Å². The number of ether oxygens (including phenoxy) is 2. The Hall–Kier alpha value is -3.79. The SMILES string of the molecule is COc1ccc(/C=N/Nc2nc(Nc3ccc(F)cc3)nc(N3CCOCC3)n2)cc1. The Morgan fingerprint density at radius 2 is 1.71 bits per heavy atom. The number of benzene rings is 2. The number of hydrogen-bond acceptors (Lipinski definition) is 9. The number of halogens is 1. The van der Waals surface area contributed by atoms with Crippen LogP contribution in [-0.2, 0) is 4.74 Å². The fourth-order valence-corrected chi connectivity index (χ4v) is 2.89. The molecule has 4 rings (SSSR count). The highest BCUT2D eigenvalue weighted by Crippen LogP contribution is 2.19. The van der Waals surface area contributed by atoms with Crippen molar-refractivity contribution >= 4 is 29.7 Å². The quantitative estimate of drug-likeness (QED) is 0.442. The van der Waals surface area contributed by atoms with Gasteiger partial charge in [0.2, 0.25) is 17.8 Å². The fraction of sp³-hybridized carbons (Fsp3) is 0.238. The van der Waals surface area contributed by atoms with E-state index < -0.39 is 0 Å². The predicted octanol–water partition coefficient (Wildman–Crippen LogP) is 3.05. The van der Waals surface area contributed by atoms with Crippen LogP contribution >= 0.6 is 0 Å². The van der Waals surface area contributed by atoms with Crippen molar-refractivity contribution in [2.24, 2.45) is 5.10 Å². The summed E-state index contributed by atoms with van der Waals surface area (Å²) in [6, 6.07) is 13.4. The van der Waals surface area contributed by atoms with Gasteiger partial charge in [0.25, 0.3) is 0 Å². The lowest BCUT2D eigenvalue weighted by Crippen LogP contribution is -2.37. The average Bonchev–Trinajstić information content (AvgIpc) is 2.81. The Kier molecular flexibility index (Phi) is 6.48. The Morgan fingerprint density at radius 3 is 2.42 bits per heavy atom. The molecule has 0 bridgehead atoms. The summed E-state index contributed by atoms with van der Waals surface area (Å²) in [5.41, 5.74) is 4.40. The highest BCUT2D eigenvalue weighted by atomic mass is 19.1. The average molecular weight is 423 g/mol. The van der Waals surface area contributed by atoms with Crippen LogP contribution in [0.2, 0.25) is 0 Å². The summed E-state index contributed by atoms with van der Waals surface area (Å²) in [6.07, 6.45) is 1.66. The van der Waals surface area contributed by atoms with E-state index in [1.165, 1.54) is 12.1 Å². The zero-order valence-corrected chi connectivity index (χ0v) is 17.0. The molecule has 3 aromatic rings. The van der Waals surface area contributed by atoms with Gasteiger partial charge in [0.15, 0.2) is 0 Å². The Labute approximate surface area is 179 Å². The monoisotopic (exact) mass is 423 g/mol. The molecule has 0 spiro atoms. The number of anilines is 4. The van der Waals surface area contributed by atoms with E-state index in [1.807, 2.05) is 29.2 Å². The maximum absolute atomic E-state index is 13.2. The molecule has 0 atom stereocenters. The lowest BCUT2D eigenvalue weighted by Gasteiger charge is -2.27. The van der Waals surface area contributed by atoms with E-state index in [2.05, 4.69) is 30.8 Å². The molecule has 2 aromatic carbocycles. The van der Waals surface area contributed by atoms with Gasteiger partial charge in [0.05, 0.1) is 26.5 Å². The molecule has 10 heteroatoms. The van der Waals surface area contributed by atoms with E-state index in [4.69, 9.17) is 9.47 Å². The topological polar surface area (TPSA) is 96.8 Å². The Morgan fingerprint density at radius 1 is 1.00 bits per heavy atom. The van der Waals surface area contributed by atoms with Crippen molar-refractivity contribution in [3.8, 4) is 5.75 Å². The summed E-state index contributed by atoms with van der Waals surface area (Å²) >= 11 is 0. The minimum atomic E-state index is -0.314. The lowest BCUT2D eigenvalue weighted by molar-refractivity contribution is 0.122. The van der Waals surface area contributed by atoms with Gasteiger partial charge >= 0.3 is 0 Å². The summed E-state index contributed by atoms with van der Waals surface area (Å²) in [4.78, 5) is 15.4. The van der Waals surface area contributed by atoms with Gasteiger partial charge in [-0.3, -0.25) is 0 Å². The standard InChI is InChI=1S/C21H22FN7O2/c1-30-18-8-2-15(3-9-18)14-23-28-20-25-19(24-17-6-4-16(22)5-7-17)26-21(27-20)29-10-12-31-13-11-29/h2-9,14H,10-13H2,1H3,(H2,24,25,26,27,28)/b23-14+. The first-order valence-corrected chi connectivity index (χ1v) is 9.74. The third-order valence-corrected chi connectivity index (χ3v) is 4.51. The first-order chi connectivity index (χ1) is 15.2. The van der Waals surface area contributed by atoms with Crippen molar-refractivity contribution in [2.75, 3.05) is 49.1 Å². The van der Waals surface area contributed by atoms with Gasteiger partial charge in [-0.05, 0) is 54.1 Å².